The molecule has 0 radical (unpaired) electrons. The summed E-state index contributed by atoms with van der Waals surface area (Å²) >= 11 is 1.71. The van der Waals surface area contributed by atoms with Crippen LogP contribution in [0.25, 0.3) is 4.96 Å². The topological polar surface area (TPSA) is 32.6 Å². The van der Waals surface area contributed by atoms with Gasteiger partial charge < -0.3 is 10.2 Å². The van der Waals surface area contributed by atoms with E-state index in [1.54, 1.807) is 11.3 Å². The van der Waals surface area contributed by atoms with E-state index in [1.807, 2.05) is 7.05 Å². The van der Waals surface area contributed by atoms with Gasteiger partial charge >= 0.3 is 0 Å². The first-order chi connectivity index (χ1) is 8.81. The number of imidazole rings is 1. The van der Waals surface area contributed by atoms with E-state index in [0.717, 1.165) is 17.3 Å². The molecule has 1 fully saturated rings. The summed E-state index contributed by atoms with van der Waals surface area (Å²) < 4.78 is 2.21. The Morgan fingerprint density at radius 3 is 3.00 bits per heavy atom. The van der Waals surface area contributed by atoms with Crippen molar-refractivity contribution < 1.29 is 0 Å². The van der Waals surface area contributed by atoms with Gasteiger partial charge in [0.25, 0.3) is 0 Å². The molecule has 1 N–H and O–H groups in total. The number of hydrogen-bond acceptors (Lipinski definition) is 4. The van der Waals surface area contributed by atoms with Crippen molar-refractivity contribution in [3.8, 4) is 0 Å². The second-order valence-corrected chi connectivity index (χ2v) is 5.89. The lowest BCUT2D eigenvalue weighted by Crippen LogP contribution is -2.30. The normalized spacial score (nSPS) is 16.8. The highest BCUT2D eigenvalue weighted by Crippen LogP contribution is 2.30. The molecule has 1 aliphatic carbocycles. The average molecular weight is 264 g/mol. The van der Waals surface area contributed by atoms with Crippen molar-refractivity contribution in [3.05, 3.63) is 17.3 Å². The molecular weight excluding hydrogens is 244 g/mol. The van der Waals surface area contributed by atoms with Gasteiger partial charge in [0.2, 0.25) is 0 Å². The molecule has 3 rings (SSSR count). The molecule has 4 nitrogen and oxygen atoms in total. The van der Waals surface area contributed by atoms with E-state index in [1.165, 1.54) is 31.4 Å². The van der Waals surface area contributed by atoms with Gasteiger partial charge in [0, 0.05) is 31.2 Å². The van der Waals surface area contributed by atoms with E-state index in [0.29, 0.717) is 6.04 Å². The van der Waals surface area contributed by atoms with Gasteiger partial charge in [-0.05, 0) is 19.9 Å². The summed E-state index contributed by atoms with van der Waals surface area (Å²) in [6.45, 7) is 0.865. The first-order valence-electron chi connectivity index (χ1n) is 6.63. The molecular formula is C13H20N4S. The molecule has 0 saturated heterocycles. The Hall–Kier alpha value is -1.07. The molecule has 2 heterocycles. The summed E-state index contributed by atoms with van der Waals surface area (Å²) in [4.78, 5) is 8.29. The van der Waals surface area contributed by atoms with Gasteiger partial charge in [-0.15, -0.1) is 11.3 Å². The number of anilines is 1. The van der Waals surface area contributed by atoms with E-state index >= 15 is 0 Å². The van der Waals surface area contributed by atoms with E-state index < -0.39 is 0 Å². The number of thiazole rings is 1. The molecule has 0 atom stereocenters. The summed E-state index contributed by atoms with van der Waals surface area (Å²) in [6.07, 6.45) is 7.45. The lowest BCUT2D eigenvalue weighted by molar-refractivity contribution is 0.641. The number of aromatic nitrogens is 2. The maximum absolute atomic E-state index is 4.80. The van der Waals surface area contributed by atoms with Crippen LogP contribution in [0.3, 0.4) is 0 Å². The van der Waals surface area contributed by atoms with Crippen LogP contribution in [0.4, 0.5) is 5.82 Å². The Morgan fingerprint density at radius 1 is 1.50 bits per heavy atom. The van der Waals surface area contributed by atoms with E-state index in [2.05, 4.69) is 33.2 Å². The molecule has 0 bridgehead atoms. The smallest absolute Gasteiger partial charge is 0.195 e. The minimum absolute atomic E-state index is 0.671. The van der Waals surface area contributed by atoms with Crippen molar-refractivity contribution in [2.24, 2.45) is 0 Å². The van der Waals surface area contributed by atoms with Gasteiger partial charge in [-0.25, -0.2) is 4.98 Å². The monoisotopic (exact) mass is 264 g/mol. The predicted octanol–water partition coefficient (Wildman–Crippen LogP) is 2.49. The summed E-state index contributed by atoms with van der Waals surface area (Å²) in [5.74, 6) is 1.16. The number of nitrogens with one attached hydrogen (secondary N) is 1. The molecule has 0 spiro atoms. The first kappa shape index (κ1) is 12.0. The van der Waals surface area contributed by atoms with Crippen LogP contribution in [-0.4, -0.2) is 29.5 Å². The zero-order valence-electron chi connectivity index (χ0n) is 11.0. The van der Waals surface area contributed by atoms with Crippen LogP contribution in [0.5, 0.6) is 0 Å². The van der Waals surface area contributed by atoms with Crippen LogP contribution >= 0.6 is 11.3 Å². The van der Waals surface area contributed by atoms with Gasteiger partial charge in [0.1, 0.15) is 0 Å². The predicted molar refractivity (Wildman–Crippen MR) is 76.5 cm³/mol. The molecule has 2 aromatic rings. The highest BCUT2D eigenvalue weighted by molar-refractivity contribution is 7.15. The van der Waals surface area contributed by atoms with Crippen LogP contribution in [0.2, 0.25) is 0 Å². The van der Waals surface area contributed by atoms with Gasteiger partial charge in [0.05, 0.1) is 5.69 Å². The van der Waals surface area contributed by atoms with E-state index in [4.69, 9.17) is 4.98 Å². The lowest BCUT2D eigenvalue weighted by atomic mass is 10.2. The fraction of sp³-hybridized carbons (Fsp3) is 0.615. The maximum Gasteiger partial charge on any atom is 0.195 e. The second kappa shape index (κ2) is 4.90. The Kier molecular flexibility index (Phi) is 3.26. The molecule has 2 aromatic heterocycles. The van der Waals surface area contributed by atoms with E-state index in [9.17, 15) is 0 Å². The number of nitrogens with zero attached hydrogens (tertiary/aromatic N) is 3. The quantitative estimate of drug-likeness (QED) is 0.921. The van der Waals surface area contributed by atoms with Crippen LogP contribution in [0, 0.1) is 0 Å². The fourth-order valence-corrected chi connectivity index (χ4v) is 3.63. The zero-order valence-corrected chi connectivity index (χ0v) is 11.8. The standard InChI is InChI=1S/C13H20N4S/c1-14-9-11-12(15-13-17(11)7-8-18-13)16(2)10-5-3-4-6-10/h7-8,10,14H,3-6,9H2,1-2H3. The largest absolute Gasteiger partial charge is 0.355 e. The molecule has 1 aliphatic rings. The van der Waals surface area contributed by atoms with Crippen molar-refractivity contribution in [2.75, 3.05) is 19.0 Å². The lowest BCUT2D eigenvalue weighted by Gasteiger charge is -2.25. The molecule has 0 aliphatic heterocycles. The minimum atomic E-state index is 0.671. The third-order valence-corrected chi connectivity index (χ3v) is 4.65. The number of fused-ring (bicyclic) bond motifs is 1. The van der Waals surface area contributed by atoms with Crippen molar-refractivity contribution in [2.45, 2.75) is 38.3 Å². The number of rotatable bonds is 4. The molecule has 0 unspecified atom stereocenters. The van der Waals surface area contributed by atoms with Crippen molar-refractivity contribution in [3.63, 3.8) is 0 Å². The minimum Gasteiger partial charge on any atom is -0.355 e. The van der Waals surface area contributed by atoms with Gasteiger partial charge in [-0.1, -0.05) is 12.8 Å². The Bertz CT molecular complexity index is 524. The SMILES string of the molecule is CNCc1c(N(C)C2CCCC2)nc2sccn12. The van der Waals surface area contributed by atoms with Crippen molar-refractivity contribution >= 4 is 22.1 Å². The fourth-order valence-electron chi connectivity index (χ4n) is 2.90. The summed E-state index contributed by atoms with van der Waals surface area (Å²) in [6, 6.07) is 0.671. The van der Waals surface area contributed by atoms with Crippen LogP contribution in [-0.2, 0) is 6.54 Å². The second-order valence-electron chi connectivity index (χ2n) is 5.02. The van der Waals surface area contributed by atoms with Crippen molar-refractivity contribution in [1.29, 1.82) is 0 Å². The Morgan fingerprint density at radius 2 is 2.28 bits per heavy atom. The average Bonchev–Trinajstić information content (AvgIpc) is 3.06. The molecule has 18 heavy (non-hydrogen) atoms. The summed E-state index contributed by atoms with van der Waals surface area (Å²) in [5, 5.41) is 5.35. The van der Waals surface area contributed by atoms with Gasteiger partial charge in [0.15, 0.2) is 10.8 Å². The molecule has 5 heteroatoms. The highest BCUT2D eigenvalue weighted by atomic mass is 32.1. The van der Waals surface area contributed by atoms with Crippen LogP contribution in [0.1, 0.15) is 31.4 Å². The zero-order chi connectivity index (χ0) is 12.5. The van der Waals surface area contributed by atoms with Gasteiger partial charge in [-0.3, -0.25) is 4.40 Å². The first-order valence-corrected chi connectivity index (χ1v) is 7.51. The highest BCUT2D eigenvalue weighted by Gasteiger charge is 2.24. The Balaban J connectivity index is 1.98. The van der Waals surface area contributed by atoms with Crippen LogP contribution in [0.15, 0.2) is 11.6 Å². The molecule has 98 valence electrons. The number of hydrogen-bond donors (Lipinski definition) is 1. The molecule has 0 amide bonds. The summed E-state index contributed by atoms with van der Waals surface area (Å²) in [5.41, 5.74) is 1.28. The molecule has 0 aromatic carbocycles. The van der Waals surface area contributed by atoms with Crippen molar-refractivity contribution in [1.82, 2.24) is 14.7 Å². The molecule has 1 saturated carbocycles. The summed E-state index contributed by atoms with van der Waals surface area (Å²) in [7, 11) is 4.19. The third-order valence-electron chi connectivity index (χ3n) is 3.89. The van der Waals surface area contributed by atoms with Crippen LogP contribution < -0.4 is 10.2 Å². The Labute approximate surface area is 112 Å². The van der Waals surface area contributed by atoms with Gasteiger partial charge in [-0.2, -0.15) is 0 Å². The van der Waals surface area contributed by atoms with E-state index in [-0.39, 0.29) is 0 Å². The third kappa shape index (κ3) is 1.91. The maximum atomic E-state index is 4.80.